The van der Waals surface area contributed by atoms with Crippen LogP contribution in [0.4, 0.5) is 0 Å². The van der Waals surface area contributed by atoms with E-state index in [1.807, 2.05) is 6.92 Å². The van der Waals surface area contributed by atoms with E-state index in [0.717, 1.165) is 12.0 Å². The molecule has 0 radical (unpaired) electrons. The van der Waals surface area contributed by atoms with Gasteiger partial charge in [-0.2, -0.15) is 0 Å². The SMILES string of the molecule is C=C1CO[C@H]2C(C)=CC[C@@H]3C2C1(O)C(=O)C[C@@H]3C. The molecular formula is C15H20O3. The second-order valence-electron chi connectivity index (χ2n) is 6.08. The average molecular weight is 248 g/mol. The van der Waals surface area contributed by atoms with Gasteiger partial charge in [-0.3, -0.25) is 4.79 Å². The van der Waals surface area contributed by atoms with Gasteiger partial charge >= 0.3 is 0 Å². The van der Waals surface area contributed by atoms with E-state index in [-0.39, 0.29) is 24.4 Å². The third-order valence-electron chi connectivity index (χ3n) is 5.07. The predicted molar refractivity (Wildman–Crippen MR) is 68.0 cm³/mol. The van der Waals surface area contributed by atoms with E-state index < -0.39 is 5.60 Å². The van der Waals surface area contributed by atoms with Crippen LogP contribution in [0.5, 0.6) is 0 Å². The number of aliphatic hydroxyl groups is 1. The Balaban J connectivity index is 2.12. The molecule has 98 valence electrons. The van der Waals surface area contributed by atoms with Crippen LogP contribution < -0.4 is 0 Å². The van der Waals surface area contributed by atoms with Crippen molar-refractivity contribution in [3.05, 3.63) is 23.8 Å². The maximum absolute atomic E-state index is 12.3. The highest BCUT2D eigenvalue weighted by molar-refractivity contribution is 5.92. The number of allylic oxidation sites excluding steroid dienone is 1. The van der Waals surface area contributed by atoms with Gasteiger partial charge in [-0.15, -0.1) is 0 Å². The molecule has 1 N–H and O–H groups in total. The summed E-state index contributed by atoms with van der Waals surface area (Å²) >= 11 is 0. The number of ether oxygens (including phenoxy) is 1. The highest BCUT2D eigenvalue weighted by Gasteiger charge is 2.60. The third-order valence-corrected chi connectivity index (χ3v) is 5.07. The lowest BCUT2D eigenvalue weighted by Gasteiger charge is -2.54. The number of hydrogen-bond acceptors (Lipinski definition) is 3. The van der Waals surface area contributed by atoms with Crippen LogP contribution in [0.25, 0.3) is 0 Å². The van der Waals surface area contributed by atoms with Crippen LogP contribution in [0.3, 0.4) is 0 Å². The summed E-state index contributed by atoms with van der Waals surface area (Å²) in [6.07, 6.45) is 3.47. The van der Waals surface area contributed by atoms with Gasteiger partial charge in [-0.05, 0) is 36.3 Å². The molecule has 2 aliphatic carbocycles. The van der Waals surface area contributed by atoms with Gasteiger partial charge in [0.25, 0.3) is 0 Å². The van der Waals surface area contributed by atoms with Crippen LogP contribution in [0.2, 0.25) is 0 Å². The molecule has 3 heteroatoms. The lowest BCUT2D eigenvalue weighted by molar-refractivity contribution is -0.174. The fraction of sp³-hybridized carbons (Fsp3) is 0.667. The van der Waals surface area contributed by atoms with Crippen molar-refractivity contribution in [1.29, 1.82) is 0 Å². The van der Waals surface area contributed by atoms with E-state index >= 15 is 0 Å². The van der Waals surface area contributed by atoms with E-state index in [0.29, 0.717) is 23.8 Å². The molecule has 1 heterocycles. The van der Waals surface area contributed by atoms with Crippen LogP contribution >= 0.6 is 0 Å². The minimum Gasteiger partial charge on any atom is -0.377 e. The second kappa shape index (κ2) is 3.78. The number of Topliss-reactive ketones (excluding diaryl/α,β-unsaturated/α-hetero) is 1. The van der Waals surface area contributed by atoms with Gasteiger partial charge in [-0.25, -0.2) is 0 Å². The monoisotopic (exact) mass is 248 g/mol. The number of rotatable bonds is 0. The van der Waals surface area contributed by atoms with Gasteiger partial charge in [0.05, 0.1) is 12.7 Å². The van der Waals surface area contributed by atoms with Crippen molar-refractivity contribution in [3.8, 4) is 0 Å². The summed E-state index contributed by atoms with van der Waals surface area (Å²) in [4.78, 5) is 12.3. The van der Waals surface area contributed by atoms with Crippen molar-refractivity contribution < 1.29 is 14.6 Å². The van der Waals surface area contributed by atoms with Gasteiger partial charge in [-0.1, -0.05) is 19.6 Å². The van der Waals surface area contributed by atoms with Crippen molar-refractivity contribution in [2.45, 2.75) is 38.4 Å². The standard InChI is InChI=1S/C15H20O3/c1-8-4-5-11-9(2)6-12(16)15(17)10(3)7-18-14(8)13(11)15/h4,9,11,13-14,17H,3,5-7H2,1-2H3/t9-,11-,13?,14-,15?/m0/s1. The number of carbonyl (C=O) groups excluding carboxylic acids is 1. The Hall–Kier alpha value is -0.930. The van der Waals surface area contributed by atoms with Crippen molar-refractivity contribution >= 4 is 5.78 Å². The van der Waals surface area contributed by atoms with Crippen molar-refractivity contribution in [2.75, 3.05) is 6.61 Å². The maximum Gasteiger partial charge on any atom is 0.169 e. The summed E-state index contributed by atoms with van der Waals surface area (Å²) < 4.78 is 5.82. The molecular weight excluding hydrogens is 228 g/mol. The lowest BCUT2D eigenvalue weighted by Crippen LogP contribution is -2.64. The molecule has 1 saturated heterocycles. The topological polar surface area (TPSA) is 46.5 Å². The van der Waals surface area contributed by atoms with Gasteiger partial charge in [0, 0.05) is 12.3 Å². The first-order valence-electron chi connectivity index (χ1n) is 6.68. The van der Waals surface area contributed by atoms with Crippen molar-refractivity contribution in [3.63, 3.8) is 0 Å². The van der Waals surface area contributed by atoms with E-state index in [2.05, 4.69) is 19.6 Å². The zero-order chi connectivity index (χ0) is 13.1. The minimum atomic E-state index is -1.35. The predicted octanol–water partition coefficient (Wildman–Crippen LogP) is 1.86. The molecule has 0 aromatic carbocycles. The summed E-state index contributed by atoms with van der Waals surface area (Å²) in [5.74, 6) is 0.423. The maximum atomic E-state index is 12.3. The molecule has 3 rings (SSSR count). The summed E-state index contributed by atoms with van der Waals surface area (Å²) in [7, 11) is 0. The second-order valence-corrected chi connectivity index (χ2v) is 6.08. The molecule has 1 aliphatic heterocycles. The fourth-order valence-electron chi connectivity index (χ4n) is 3.96. The number of hydrogen-bond donors (Lipinski definition) is 1. The zero-order valence-electron chi connectivity index (χ0n) is 11.0. The smallest absolute Gasteiger partial charge is 0.169 e. The summed E-state index contributed by atoms with van der Waals surface area (Å²) in [5, 5.41) is 10.9. The Labute approximate surface area is 108 Å². The van der Waals surface area contributed by atoms with Crippen LogP contribution in [-0.4, -0.2) is 29.2 Å². The average Bonchev–Trinajstić information content (AvgIpc) is 2.32. The Morgan fingerprint density at radius 2 is 2.28 bits per heavy atom. The van der Waals surface area contributed by atoms with E-state index in [1.165, 1.54) is 0 Å². The van der Waals surface area contributed by atoms with E-state index in [1.54, 1.807) is 0 Å². The van der Waals surface area contributed by atoms with Gasteiger partial charge in [0.15, 0.2) is 11.4 Å². The van der Waals surface area contributed by atoms with E-state index in [4.69, 9.17) is 4.74 Å². The molecule has 18 heavy (non-hydrogen) atoms. The third kappa shape index (κ3) is 1.35. The fourth-order valence-corrected chi connectivity index (χ4v) is 3.96. The molecule has 1 saturated carbocycles. The van der Waals surface area contributed by atoms with Crippen LogP contribution in [-0.2, 0) is 9.53 Å². The first kappa shape index (κ1) is 12.1. The summed E-state index contributed by atoms with van der Waals surface area (Å²) in [6.45, 7) is 8.30. The Morgan fingerprint density at radius 1 is 1.56 bits per heavy atom. The molecule has 2 fully saturated rings. The van der Waals surface area contributed by atoms with Crippen LogP contribution in [0, 0.1) is 17.8 Å². The molecule has 0 aromatic heterocycles. The number of ketones is 1. The van der Waals surface area contributed by atoms with Gasteiger partial charge in [0.2, 0.25) is 0 Å². The Bertz CT molecular complexity index is 451. The first-order chi connectivity index (χ1) is 8.46. The van der Waals surface area contributed by atoms with Gasteiger partial charge in [0.1, 0.15) is 0 Å². The van der Waals surface area contributed by atoms with Crippen LogP contribution in [0.15, 0.2) is 23.8 Å². The van der Waals surface area contributed by atoms with Gasteiger partial charge < -0.3 is 9.84 Å². The molecule has 0 bridgehead atoms. The normalized spacial score (nSPS) is 47.6. The first-order valence-corrected chi connectivity index (χ1v) is 6.68. The van der Waals surface area contributed by atoms with Crippen molar-refractivity contribution in [2.24, 2.45) is 17.8 Å². The summed E-state index contributed by atoms with van der Waals surface area (Å²) in [6, 6.07) is 0. The lowest BCUT2D eigenvalue weighted by atomic mass is 9.55. The molecule has 0 aromatic rings. The highest BCUT2D eigenvalue weighted by Crippen LogP contribution is 2.52. The zero-order valence-corrected chi connectivity index (χ0v) is 11.0. The molecule has 3 aliphatic rings. The van der Waals surface area contributed by atoms with E-state index in [9.17, 15) is 9.90 Å². The highest BCUT2D eigenvalue weighted by atomic mass is 16.5. The molecule has 2 unspecified atom stereocenters. The molecule has 5 atom stereocenters. The Morgan fingerprint density at radius 3 is 3.00 bits per heavy atom. The van der Waals surface area contributed by atoms with Crippen LogP contribution in [0.1, 0.15) is 26.7 Å². The quantitative estimate of drug-likeness (QED) is 0.666. The Kier molecular flexibility index (Phi) is 2.55. The molecule has 3 nitrogen and oxygen atoms in total. The minimum absolute atomic E-state index is 0.0655. The molecule has 0 amide bonds. The largest absolute Gasteiger partial charge is 0.377 e. The molecule has 0 spiro atoms. The van der Waals surface area contributed by atoms with Crippen molar-refractivity contribution in [1.82, 2.24) is 0 Å². The number of carbonyl (C=O) groups is 1. The summed E-state index contributed by atoms with van der Waals surface area (Å²) in [5.41, 5.74) is 0.333.